The molecule has 2 aromatic carbocycles. The summed E-state index contributed by atoms with van der Waals surface area (Å²) in [6.07, 6.45) is 2.92. The summed E-state index contributed by atoms with van der Waals surface area (Å²) in [5, 5.41) is 5.96. The van der Waals surface area contributed by atoms with Crippen LogP contribution in [0.25, 0.3) is 10.9 Å². The quantitative estimate of drug-likeness (QED) is 0.641. The van der Waals surface area contributed by atoms with Gasteiger partial charge in [0.25, 0.3) is 5.91 Å². The summed E-state index contributed by atoms with van der Waals surface area (Å²) in [6.45, 7) is 1.98. The second-order valence-corrected chi connectivity index (χ2v) is 7.41. The highest BCUT2D eigenvalue weighted by atomic mass is 19.1. The van der Waals surface area contributed by atoms with Gasteiger partial charge in [-0.2, -0.15) is 0 Å². The predicted molar refractivity (Wildman–Crippen MR) is 114 cm³/mol. The van der Waals surface area contributed by atoms with Crippen LogP contribution in [0.5, 0.6) is 0 Å². The molecule has 0 spiro atoms. The molecule has 7 heteroatoms. The van der Waals surface area contributed by atoms with Gasteiger partial charge in [-0.15, -0.1) is 0 Å². The highest BCUT2D eigenvalue weighted by Gasteiger charge is 2.23. The lowest BCUT2D eigenvalue weighted by molar-refractivity contribution is 0.102. The Bertz CT molecular complexity index is 1160. The third-order valence-electron chi connectivity index (χ3n) is 5.29. The molecular formula is C23H22FN3O3. The molecule has 0 saturated heterocycles. The zero-order chi connectivity index (χ0) is 21.3. The number of carbonyl (C=O) groups is 2. The van der Waals surface area contributed by atoms with Crippen molar-refractivity contribution in [1.29, 1.82) is 0 Å². The number of hydrogen-bond acceptors (Lipinski definition) is 4. The number of carbonyl (C=O) groups excluding carboxylic acids is 2. The zero-order valence-corrected chi connectivity index (χ0v) is 16.8. The van der Waals surface area contributed by atoms with E-state index in [-0.39, 0.29) is 11.6 Å². The maximum atomic E-state index is 14.0. The van der Waals surface area contributed by atoms with Gasteiger partial charge in [-0.1, -0.05) is 11.6 Å². The van der Waals surface area contributed by atoms with Crippen LogP contribution in [0.2, 0.25) is 0 Å². The van der Waals surface area contributed by atoms with Gasteiger partial charge in [0.2, 0.25) is 0 Å². The Hall–Kier alpha value is -3.48. The largest absolute Gasteiger partial charge is 0.453 e. The second kappa shape index (κ2) is 8.10. The minimum Gasteiger partial charge on any atom is -0.453 e. The van der Waals surface area contributed by atoms with Crippen LogP contribution >= 0.6 is 0 Å². The van der Waals surface area contributed by atoms with E-state index in [1.165, 1.54) is 25.3 Å². The summed E-state index contributed by atoms with van der Waals surface area (Å²) in [6, 6.07) is 9.90. The molecule has 1 heterocycles. The van der Waals surface area contributed by atoms with Crippen molar-refractivity contribution in [3.05, 3.63) is 64.6 Å². The van der Waals surface area contributed by atoms with Gasteiger partial charge in [0.05, 0.1) is 23.9 Å². The Morgan fingerprint density at radius 1 is 1.07 bits per heavy atom. The van der Waals surface area contributed by atoms with Crippen molar-refractivity contribution in [2.24, 2.45) is 0 Å². The van der Waals surface area contributed by atoms with Crippen molar-refractivity contribution in [3.63, 3.8) is 0 Å². The predicted octanol–water partition coefficient (Wildman–Crippen LogP) is 4.99. The molecule has 1 aliphatic rings. The number of ether oxygens (including phenoxy) is 1. The molecule has 0 unspecified atom stereocenters. The molecule has 0 saturated carbocycles. The Labute approximate surface area is 173 Å². The fraction of sp³-hybridized carbons (Fsp3) is 0.261. The first-order valence-electron chi connectivity index (χ1n) is 9.84. The van der Waals surface area contributed by atoms with Crippen LogP contribution in [0.4, 0.5) is 20.6 Å². The molecule has 6 nitrogen and oxygen atoms in total. The molecule has 1 aliphatic carbocycles. The summed E-state index contributed by atoms with van der Waals surface area (Å²) in [5.41, 5.74) is 4.69. The minimum absolute atomic E-state index is 0.0721. The van der Waals surface area contributed by atoms with Crippen LogP contribution in [0.1, 0.15) is 40.0 Å². The number of pyridine rings is 1. The molecule has 0 fully saturated rings. The third-order valence-corrected chi connectivity index (χ3v) is 5.29. The molecule has 0 aliphatic heterocycles. The van der Waals surface area contributed by atoms with E-state index in [1.807, 2.05) is 25.1 Å². The summed E-state index contributed by atoms with van der Waals surface area (Å²) in [5.74, 6) is -0.900. The second-order valence-electron chi connectivity index (χ2n) is 7.41. The summed E-state index contributed by atoms with van der Waals surface area (Å²) < 4.78 is 18.5. The average Bonchev–Trinajstić information content (AvgIpc) is 2.74. The van der Waals surface area contributed by atoms with Crippen LogP contribution in [0.15, 0.2) is 36.4 Å². The van der Waals surface area contributed by atoms with E-state index in [9.17, 15) is 14.0 Å². The smallest absolute Gasteiger partial charge is 0.411 e. The van der Waals surface area contributed by atoms with Crippen LogP contribution < -0.4 is 10.6 Å². The van der Waals surface area contributed by atoms with E-state index < -0.39 is 11.9 Å². The van der Waals surface area contributed by atoms with Crippen molar-refractivity contribution >= 4 is 34.3 Å². The standard InChI is InChI=1S/C23H22FN3O3/c1-13-7-10-19-16(11-13)21(15-5-3-4-6-18(15)26-19)22(28)25-14-8-9-17(24)20(12-14)27-23(29)30-2/h7-12H,3-6H2,1-2H3,(H,25,28)(H,27,29). The van der Waals surface area contributed by atoms with Crippen LogP contribution in [0, 0.1) is 12.7 Å². The average molecular weight is 407 g/mol. The molecule has 4 rings (SSSR count). The molecule has 2 amide bonds. The summed E-state index contributed by atoms with van der Waals surface area (Å²) in [7, 11) is 1.19. The molecule has 0 atom stereocenters. The molecule has 1 aromatic heterocycles. The Morgan fingerprint density at radius 2 is 1.87 bits per heavy atom. The number of fused-ring (bicyclic) bond motifs is 2. The highest BCUT2D eigenvalue weighted by molar-refractivity contribution is 6.14. The number of anilines is 2. The lowest BCUT2D eigenvalue weighted by Gasteiger charge is -2.21. The van der Waals surface area contributed by atoms with Crippen molar-refractivity contribution in [3.8, 4) is 0 Å². The number of hydrogen-bond donors (Lipinski definition) is 2. The van der Waals surface area contributed by atoms with Gasteiger partial charge in [0, 0.05) is 16.8 Å². The van der Waals surface area contributed by atoms with Gasteiger partial charge in [0.15, 0.2) is 0 Å². The van der Waals surface area contributed by atoms with Crippen molar-refractivity contribution in [2.75, 3.05) is 17.7 Å². The number of methoxy groups -OCH3 is 1. The van der Waals surface area contributed by atoms with E-state index >= 15 is 0 Å². The molecule has 3 aromatic rings. The molecule has 154 valence electrons. The maximum absolute atomic E-state index is 14.0. The number of aryl methyl sites for hydroxylation is 2. The van der Waals surface area contributed by atoms with Gasteiger partial charge in [0.1, 0.15) is 5.82 Å². The molecule has 0 radical (unpaired) electrons. The Balaban J connectivity index is 1.74. The summed E-state index contributed by atoms with van der Waals surface area (Å²) >= 11 is 0. The third kappa shape index (κ3) is 3.83. The topological polar surface area (TPSA) is 80.3 Å². The van der Waals surface area contributed by atoms with Gasteiger partial charge >= 0.3 is 6.09 Å². The lowest BCUT2D eigenvalue weighted by Crippen LogP contribution is -2.19. The SMILES string of the molecule is COC(=O)Nc1cc(NC(=O)c2c3c(nc4ccc(C)cc24)CCCC3)ccc1F. The first-order chi connectivity index (χ1) is 14.5. The van der Waals surface area contributed by atoms with Crippen LogP contribution in [-0.4, -0.2) is 24.1 Å². The number of benzene rings is 2. The van der Waals surface area contributed by atoms with E-state index in [1.54, 1.807) is 0 Å². The van der Waals surface area contributed by atoms with E-state index in [0.29, 0.717) is 11.3 Å². The van der Waals surface area contributed by atoms with E-state index in [2.05, 4.69) is 15.4 Å². The first-order valence-corrected chi connectivity index (χ1v) is 9.84. The molecule has 2 N–H and O–H groups in total. The van der Waals surface area contributed by atoms with Gasteiger partial charge in [-0.05, 0) is 68.5 Å². The molecule has 0 bridgehead atoms. The number of rotatable bonds is 3. The van der Waals surface area contributed by atoms with Gasteiger partial charge in [-0.25, -0.2) is 9.18 Å². The minimum atomic E-state index is -0.790. The highest BCUT2D eigenvalue weighted by Crippen LogP contribution is 2.31. The Morgan fingerprint density at radius 3 is 2.67 bits per heavy atom. The van der Waals surface area contributed by atoms with Crippen LogP contribution in [-0.2, 0) is 17.6 Å². The number of nitrogens with zero attached hydrogens (tertiary/aromatic N) is 1. The number of nitrogens with one attached hydrogen (secondary N) is 2. The zero-order valence-electron chi connectivity index (χ0n) is 16.8. The monoisotopic (exact) mass is 407 g/mol. The van der Waals surface area contributed by atoms with Gasteiger partial charge < -0.3 is 10.1 Å². The molecular weight excluding hydrogens is 385 g/mol. The van der Waals surface area contributed by atoms with Crippen molar-refractivity contribution < 1.29 is 18.7 Å². The number of amides is 2. The van der Waals surface area contributed by atoms with Crippen molar-refractivity contribution in [2.45, 2.75) is 32.6 Å². The summed E-state index contributed by atoms with van der Waals surface area (Å²) in [4.78, 5) is 29.6. The van der Waals surface area contributed by atoms with Crippen LogP contribution in [0.3, 0.4) is 0 Å². The number of halogens is 1. The Kier molecular flexibility index (Phi) is 5.35. The van der Waals surface area contributed by atoms with E-state index in [0.717, 1.165) is 53.4 Å². The lowest BCUT2D eigenvalue weighted by atomic mass is 9.89. The first kappa shape index (κ1) is 19.8. The van der Waals surface area contributed by atoms with Crippen molar-refractivity contribution in [1.82, 2.24) is 4.98 Å². The maximum Gasteiger partial charge on any atom is 0.411 e. The normalized spacial score (nSPS) is 12.9. The van der Waals surface area contributed by atoms with Gasteiger partial charge in [-0.3, -0.25) is 15.1 Å². The molecule has 30 heavy (non-hydrogen) atoms. The fourth-order valence-corrected chi connectivity index (χ4v) is 3.85. The van der Waals surface area contributed by atoms with E-state index in [4.69, 9.17) is 4.98 Å². The number of aromatic nitrogens is 1. The fourth-order valence-electron chi connectivity index (χ4n) is 3.85.